The Bertz CT molecular complexity index is 1140. The summed E-state index contributed by atoms with van der Waals surface area (Å²) in [5.41, 5.74) is 2.59. The number of nitriles is 1. The standard InChI is InChI=1S/C23H20ClN3O4/c1-15-13-18(9-10-19(15)24)27(12-6-11-25)20(28)14-30-23(29)21-16(2)31-26-22(21)17-7-4-3-5-8-17/h3-5,7-10,13H,6,12,14H2,1-2H3. The molecule has 0 fully saturated rings. The third kappa shape index (κ3) is 5.11. The Balaban J connectivity index is 1.77. The maximum absolute atomic E-state index is 12.8. The van der Waals surface area contributed by atoms with Crippen molar-refractivity contribution in [3.63, 3.8) is 0 Å². The lowest BCUT2D eigenvalue weighted by Gasteiger charge is -2.22. The van der Waals surface area contributed by atoms with Crippen LogP contribution in [0.5, 0.6) is 0 Å². The van der Waals surface area contributed by atoms with Crippen LogP contribution in [0.1, 0.15) is 28.1 Å². The van der Waals surface area contributed by atoms with Gasteiger partial charge >= 0.3 is 5.97 Å². The van der Waals surface area contributed by atoms with E-state index in [2.05, 4.69) is 5.16 Å². The van der Waals surface area contributed by atoms with E-state index in [-0.39, 0.29) is 18.5 Å². The van der Waals surface area contributed by atoms with E-state index in [1.807, 2.05) is 31.2 Å². The molecule has 158 valence electrons. The van der Waals surface area contributed by atoms with Crippen LogP contribution in [0.4, 0.5) is 5.69 Å². The summed E-state index contributed by atoms with van der Waals surface area (Å²) in [4.78, 5) is 27.0. The van der Waals surface area contributed by atoms with Gasteiger partial charge < -0.3 is 14.2 Å². The second kappa shape index (κ2) is 9.92. The number of amides is 1. The Morgan fingerprint density at radius 2 is 1.94 bits per heavy atom. The number of hydrogen-bond acceptors (Lipinski definition) is 6. The highest BCUT2D eigenvalue weighted by molar-refractivity contribution is 6.31. The number of aryl methyl sites for hydroxylation is 2. The number of aromatic nitrogens is 1. The Kier molecular flexibility index (Phi) is 7.06. The normalized spacial score (nSPS) is 10.4. The maximum Gasteiger partial charge on any atom is 0.344 e. The lowest BCUT2D eigenvalue weighted by Crippen LogP contribution is -2.35. The number of halogens is 1. The zero-order valence-corrected chi connectivity index (χ0v) is 17.8. The summed E-state index contributed by atoms with van der Waals surface area (Å²) < 4.78 is 10.5. The van der Waals surface area contributed by atoms with Gasteiger partial charge in [-0.05, 0) is 37.6 Å². The number of anilines is 1. The molecule has 3 aromatic rings. The van der Waals surface area contributed by atoms with Crippen LogP contribution in [0.25, 0.3) is 11.3 Å². The van der Waals surface area contributed by atoms with Crippen LogP contribution in [0.3, 0.4) is 0 Å². The molecule has 2 aromatic carbocycles. The van der Waals surface area contributed by atoms with Gasteiger partial charge in [-0.1, -0.05) is 47.1 Å². The molecule has 0 saturated carbocycles. The van der Waals surface area contributed by atoms with Crippen molar-refractivity contribution < 1.29 is 18.8 Å². The topological polar surface area (TPSA) is 96.4 Å². The molecule has 0 spiro atoms. The summed E-state index contributed by atoms with van der Waals surface area (Å²) in [5, 5.41) is 13.5. The zero-order valence-electron chi connectivity index (χ0n) is 17.1. The fraction of sp³-hybridized carbons (Fsp3) is 0.217. The van der Waals surface area contributed by atoms with Crippen LogP contribution < -0.4 is 4.90 Å². The smallest absolute Gasteiger partial charge is 0.344 e. The molecule has 3 rings (SSSR count). The first-order valence-corrected chi connectivity index (χ1v) is 9.92. The number of ether oxygens (including phenoxy) is 1. The minimum absolute atomic E-state index is 0.129. The molecule has 0 aliphatic heterocycles. The van der Waals surface area contributed by atoms with Crippen LogP contribution in [0.15, 0.2) is 53.1 Å². The Morgan fingerprint density at radius 3 is 2.61 bits per heavy atom. The van der Waals surface area contributed by atoms with E-state index in [1.54, 1.807) is 37.3 Å². The van der Waals surface area contributed by atoms with Gasteiger partial charge in [0.1, 0.15) is 17.0 Å². The van der Waals surface area contributed by atoms with Crippen molar-refractivity contribution in [2.45, 2.75) is 20.3 Å². The molecular formula is C23H20ClN3O4. The fourth-order valence-corrected chi connectivity index (χ4v) is 3.16. The number of nitrogens with zero attached hydrogens (tertiary/aromatic N) is 3. The van der Waals surface area contributed by atoms with Crippen LogP contribution in [-0.2, 0) is 9.53 Å². The van der Waals surface area contributed by atoms with Crippen molar-refractivity contribution >= 4 is 29.2 Å². The summed E-state index contributed by atoms with van der Waals surface area (Å²) in [6.45, 7) is 3.09. The number of carbonyl (C=O) groups excluding carboxylic acids is 2. The predicted molar refractivity (Wildman–Crippen MR) is 116 cm³/mol. The molecule has 8 heteroatoms. The second-order valence-electron chi connectivity index (χ2n) is 6.79. The third-order valence-corrected chi connectivity index (χ3v) is 5.07. The summed E-state index contributed by atoms with van der Waals surface area (Å²) in [7, 11) is 0. The number of esters is 1. The third-order valence-electron chi connectivity index (χ3n) is 4.64. The van der Waals surface area contributed by atoms with E-state index in [0.29, 0.717) is 27.7 Å². The van der Waals surface area contributed by atoms with E-state index in [0.717, 1.165) is 5.56 Å². The molecule has 31 heavy (non-hydrogen) atoms. The van der Waals surface area contributed by atoms with Crippen molar-refractivity contribution in [3.05, 3.63) is 70.4 Å². The first kappa shape index (κ1) is 22.1. The van der Waals surface area contributed by atoms with Crippen molar-refractivity contribution in [1.82, 2.24) is 5.16 Å². The lowest BCUT2D eigenvalue weighted by molar-refractivity contribution is -0.121. The van der Waals surface area contributed by atoms with Crippen LogP contribution in [0.2, 0.25) is 5.02 Å². The molecule has 0 radical (unpaired) electrons. The van der Waals surface area contributed by atoms with Crippen molar-refractivity contribution in [2.75, 3.05) is 18.1 Å². The van der Waals surface area contributed by atoms with E-state index >= 15 is 0 Å². The fourth-order valence-electron chi connectivity index (χ4n) is 3.04. The highest BCUT2D eigenvalue weighted by Crippen LogP contribution is 2.26. The number of benzene rings is 2. The minimum Gasteiger partial charge on any atom is -0.452 e. The van der Waals surface area contributed by atoms with Gasteiger partial charge in [-0.15, -0.1) is 0 Å². The van der Waals surface area contributed by atoms with Gasteiger partial charge in [0.2, 0.25) is 0 Å². The summed E-state index contributed by atoms with van der Waals surface area (Å²) in [6, 6.07) is 16.2. The Morgan fingerprint density at radius 1 is 1.19 bits per heavy atom. The van der Waals surface area contributed by atoms with Crippen molar-refractivity contribution in [1.29, 1.82) is 5.26 Å². The molecule has 1 heterocycles. The van der Waals surface area contributed by atoms with Crippen LogP contribution in [-0.4, -0.2) is 30.2 Å². The predicted octanol–water partition coefficient (Wildman–Crippen LogP) is 4.72. The second-order valence-corrected chi connectivity index (χ2v) is 7.20. The average molecular weight is 438 g/mol. The number of rotatable bonds is 7. The molecule has 7 nitrogen and oxygen atoms in total. The SMILES string of the molecule is Cc1cc(N(CCC#N)C(=O)COC(=O)c2c(-c3ccccc3)noc2C)ccc1Cl. The van der Waals surface area contributed by atoms with E-state index in [1.165, 1.54) is 4.90 Å². The molecule has 1 amide bonds. The van der Waals surface area contributed by atoms with E-state index in [4.69, 9.17) is 26.1 Å². The summed E-state index contributed by atoms with van der Waals surface area (Å²) in [5.74, 6) is -0.870. The minimum atomic E-state index is -0.710. The van der Waals surface area contributed by atoms with E-state index < -0.39 is 18.5 Å². The van der Waals surface area contributed by atoms with Gasteiger partial charge in [-0.3, -0.25) is 4.79 Å². The number of carbonyl (C=O) groups is 2. The first-order chi connectivity index (χ1) is 14.9. The summed E-state index contributed by atoms with van der Waals surface area (Å²) in [6.07, 6.45) is 0.129. The highest BCUT2D eigenvalue weighted by atomic mass is 35.5. The number of hydrogen-bond donors (Lipinski definition) is 0. The Hall–Kier alpha value is -3.63. The molecule has 0 bridgehead atoms. The highest BCUT2D eigenvalue weighted by Gasteiger charge is 2.25. The molecular weight excluding hydrogens is 418 g/mol. The van der Waals surface area contributed by atoms with Gasteiger partial charge in [-0.25, -0.2) is 4.79 Å². The molecule has 0 unspecified atom stereocenters. The van der Waals surface area contributed by atoms with Gasteiger partial charge in [0.15, 0.2) is 6.61 Å². The first-order valence-electron chi connectivity index (χ1n) is 9.54. The van der Waals surface area contributed by atoms with Gasteiger partial charge in [0.05, 0.1) is 12.5 Å². The summed E-state index contributed by atoms with van der Waals surface area (Å²) >= 11 is 6.07. The molecule has 0 atom stereocenters. The maximum atomic E-state index is 12.8. The molecule has 1 aromatic heterocycles. The average Bonchev–Trinajstić information content (AvgIpc) is 3.16. The monoisotopic (exact) mass is 437 g/mol. The van der Waals surface area contributed by atoms with Gasteiger partial charge in [-0.2, -0.15) is 5.26 Å². The van der Waals surface area contributed by atoms with Crippen molar-refractivity contribution in [3.8, 4) is 17.3 Å². The van der Waals surface area contributed by atoms with Crippen molar-refractivity contribution in [2.24, 2.45) is 0 Å². The van der Waals surface area contributed by atoms with E-state index in [9.17, 15) is 9.59 Å². The molecule has 0 aliphatic carbocycles. The lowest BCUT2D eigenvalue weighted by atomic mass is 10.1. The van der Waals surface area contributed by atoms with Crippen LogP contribution in [0, 0.1) is 25.2 Å². The molecule has 0 aliphatic rings. The van der Waals surface area contributed by atoms with Gasteiger partial charge in [0.25, 0.3) is 5.91 Å². The quantitative estimate of drug-likeness (QED) is 0.496. The molecule has 0 N–H and O–H groups in total. The Labute approximate surface area is 184 Å². The molecule has 0 saturated heterocycles. The zero-order chi connectivity index (χ0) is 22.4. The van der Waals surface area contributed by atoms with Gasteiger partial charge in [0, 0.05) is 22.8 Å². The van der Waals surface area contributed by atoms with Crippen LogP contribution >= 0.6 is 11.6 Å². The largest absolute Gasteiger partial charge is 0.452 e.